The van der Waals surface area contributed by atoms with Crippen LogP contribution in [-0.4, -0.2) is 23.1 Å². The van der Waals surface area contributed by atoms with Crippen molar-refractivity contribution in [3.63, 3.8) is 0 Å². The number of ether oxygens (including phenoxy) is 2. The molecule has 0 atom stereocenters. The number of amides is 1. The zero-order chi connectivity index (χ0) is 30.7. The molecule has 0 bridgehead atoms. The van der Waals surface area contributed by atoms with E-state index >= 15 is 0 Å². The van der Waals surface area contributed by atoms with Crippen LogP contribution in [0, 0.1) is 37.8 Å². The molecule has 8 nitrogen and oxygen atoms in total. The predicted octanol–water partition coefficient (Wildman–Crippen LogP) is 8.22. The molecule has 4 aromatic carbocycles. The monoisotopic (exact) mass is 593 g/mol. The van der Waals surface area contributed by atoms with Gasteiger partial charge in [-0.2, -0.15) is 0 Å². The SMILES string of the molecule is COc1cc(/C=C2\SC(=Nc3cc(C)ccc3C)N(c3cc(C)ccc3C)C2=O)ccc1OCc1ccc([N+](=O)[O-])cc1. The number of thioether (sulfide) groups is 1. The normalized spacial score (nSPS) is 14.9. The van der Waals surface area contributed by atoms with E-state index in [1.54, 1.807) is 30.2 Å². The Bertz CT molecular complexity index is 1780. The maximum absolute atomic E-state index is 13.9. The highest BCUT2D eigenvalue weighted by atomic mass is 32.2. The molecule has 1 aliphatic heterocycles. The fourth-order valence-electron chi connectivity index (χ4n) is 4.58. The molecule has 43 heavy (non-hydrogen) atoms. The second-order valence-electron chi connectivity index (χ2n) is 10.3. The Labute approximate surface area is 254 Å². The molecule has 5 rings (SSSR count). The van der Waals surface area contributed by atoms with Gasteiger partial charge in [0.1, 0.15) is 6.61 Å². The number of methoxy groups -OCH3 is 1. The molecular weight excluding hydrogens is 562 g/mol. The van der Waals surface area contributed by atoms with E-state index in [-0.39, 0.29) is 18.2 Å². The minimum Gasteiger partial charge on any atom is -0.493 e. The summed E-state index contributed by atoms with van der Waals surface area (Å²) in [6.07, 6.45) is 1.83. The molecule has 0 unspecified atom stereocenters. The van der Waals surface area contributed by atoms with Crippen LogP contribution < -0.4 is 14.4 Å². The third-order valence-corrected chi connectivity index (χ3v) is 7.99. The lowest BCUT2D eigenvalue weighted by Crippen LogP contribution is -2.29. The Morgan fingerprint density at radius 2 is 1.58 bits per heavy atom. The summed E-state index contributed by atoms with van der Waals surface area (Å²) in [6, 6.07) is 23.8. The van der Waals surface area contributed by atoms with Gasteiger partial charge in [0.2, 0.25) is 0 Å². The fraction of sp³-hybridized carbons (Fsp3) is 0.176. The largest absolute Gasteiger partial charge is 0.493 e. The highest BCUT2D eigenvalue weighted by Gasteiger charge is 2.35. The first-order chi connectivity index (χ1) is 20.6. The Balaban J connectivity index is 1.46. The van der Waals surface area contributed by atoms with E-state index in [0.717, 1.165) is 44.8 Å². The van der Waals surface area contributed by atoms with Gasteiger partial charge in [-0.25, -0.2) is 4.99 Å². The molecule has 1 amide bonds. The maximum Gasteiger partial charge on any atom is 0.271 e. The summed E-state index contributed by atoms with van der Waals surface area (Å²) in [7, 11) is 1.55. The third kappa shape index (κ3) is 6.62. The van der Waals surface area contributed by atoms with Gasteiger partial charge in [-0.1, -0.05) is 30.3 Å². The number of nitro groups is 1. The van der Waals surface area contributed by atoms with Crippen LogP contribution in [0.2, 0.25) is 0 Å². The van der Waals surface area contributed by atoms with Gasteiger partial charge in [0, 0.05) is 12.1 Å². The summed E-state index contributed by atoms with van der Waals surface area (Å²) >= 11 is 1.34. The van der Waals surface area contributed by atoms with Crippen molar-refractivity contribution in [1.82, 2.24) is 0 Å². The molecule has 1 fully saturated rings. The fourth-order valence-corrected chi connectivity index (χ4v) is 5.57. The van der Waals surface area contributed by atoms with Crippen molar-refractivity contribution >= 4 is 46.0 Å². The quantitative estimate of drug-likeness (QED) is 0.116. The number of nitro benzene ring substituents is 1. The summed E-state index contributed by atoms with van der Waals surface area (Å²) in [5.41, 5.74) is 7.35. The van der Waals surface area contributed by atoms with Crippen LogP contribution in [0.5, 0.6) is 11.5 Å². The number of hydrogen-bond donors (Lipinski definition) is 0. The first-order valence-corrected chi connectivity index (χ1v) is 14.5. The molecule has 0 radical (unpaired) electrons. The molecule has 4 aromatic rings. The first-order valence-electron chi connectivity index (χ1n) is 13.6. The number of amidine groups is 1. The summed E-state index contributed by atoms with van der Waals surface area (Å²) in [6.45, 7) is 8.25. The number of aliphatic imine (C=N–C) groups is 1. The highest BCUT2D eigenvalue weighted by molar-refractivity contribution is 8.19. The van der Waals surface area contributed by atoms with Gasteiger partial charge in [-0.15, -0.1) is 0 Å². The minimum absolute atomic E-state index is 0.0244. The lowest BCUT2D eigenvalue weighted by atomic mass is 10.1. The third-order valence-electron chi connectivity index (χ3n) is 7.02. The van der Waals surface area contributed by atoms with Gasteiger partial charge in [0.05, 0.1) is 28.3 Å². The molecule has 0 saturated carbocycles. The number of carbonyl (C=O) groups excluding carboxylic acids is 1. The zero-order valence-corrected chi connectivity index (χ0v) is 25.4. The van der Waals surface area contributed by atoms with Crippen molar-refractivity contribution in [2.75, 3.05) is 12.0 Å². The summed E-state index contributed by atoms with van der Waals surface area (Å²) in [4.78, 5) is 31.6. The van der Waals surface area contributed by atoms with Crippen LogP contribution >= 0.6 is 11.8 Å². The molecule has 0 spiro atoms. The number of nitrogens with zero attached hydrogens (tertiary/aromatic N) is 3. The maximum atomic E-state index is 13.9. The average Bonchev–Trinajstić information content (AvgIpc) is 3.29. The number of anilines is 1. The van der Waals surface area contributed by atoms with Crippen molar-refractivity contribution in [3.8, 4) is 11.5 Å². The molecule has 1 heterocycles. The Hall–Kier alpha value is -4.89. The van der Waals surface area contributed by atoms with Crippen molar-refractivity contribution in [2.24, 2.45) is 4.99 Å². The van der Waals surface area contributed by atoms with E-state index in [2.05, 4.69) is 0 Å². The van der Waals surface area contributed by atoms with Gasteiger partial charge in [-0.3, -0.25) is 19.8 Å². The van der Waals surface area contributed by atoms with E-state index in [4.69, 9.17) is 14.5 Å². The molecule has 9 heteroatoms. The van der Waals surface area contributed by atoms with Crippen molar-refractivity contribution < 1.29 is 19.2 Å². The van der Waals surface area contributed by atoms with Crippen molar-refractivity contribution in [3.05, 3.63) is 127 Å². The smallest absolute Gasteiger partial charge is 0.271 e. The van der Waals surface area contributed by atoms with Gasteiger partial charge in [-0.05, 0) is 115 Å². The van der Waals surface area contributed by atoms with Gasteiger partial charge >= 0.3 is 0 Å². The predicted molar refractivity (Wildman–Crippen MR) is 172 cm³/mol. The molecule has 1 saturated heterocycles. The Morgan fingerprint density at radius 3 is 2.28 bits per heavy atom. The van der Waals surface area contributed by atoms with E-state index in [9.17, 15) is 14.9 Å². The number of carbonyl (C=O) groups is 1. The van der Waals surface area contributed by atoms with Gasteiger partial charge in [0.25, 0.3) is 11.6 Å². The van der Waals surface area contributed by atoms with Crippen LogP contribution in [0.15, 0.2) is 88.8 Å². The molecule has 218 valence electrons. The average molecular weight is 594 g/mol. The Kier molecular flexibility index (Phi) is 8.63. The molecule has 0 aliphatic carbocycles. The van der Waals surface area contributed by atoms with E-state index in [1.807, 2.05) is 82.3 Å². The zero-order valence-electron chi connectivity index (χ0n) is 24.6. The number of non-ortho nitro benzene ring substituents is 1. The molecule has 0 aromatic heterocycles. The summed E-state index contributed by atoms with van der Waals surface area (Å²) in [5, 5.41) is 11.5. The minimum atomic E-state index is -0.437. The van der Waals surface area contributed by atoms with Crippen LogP contribution in [-0.2, 0) is 11.4 Å². The standard InChI is InChI=1S/C34H31N3O5S/c1-21-6-8-23(3)28(16-21)35-34-36(29-17-22(2)7-9-24(29)4)33(38)32(43-34)19-26-12-15-30(31(18-26)41-5)42-20-25-10-13-27(14-11-25)37(39)40/h6-19H,20H2,1-5H3/b32-19-,35-34?. The topological polar surface area (TPSA) is 94.3 Å². The van der Waals surface area contributed by atoms with E-state index < -0.39 is 4.92 Å². The van der Waals surface area contributed by atoms with Crippen LogP contribution in [0.3, 0.4) is 0 Å². The Morgan fingerprint density at radius 1 is 0.884 bits per heavy atom. The molecule has 0 N–H and O–H groups in total. The number of hydrogen-bond acceptors (Lipinski definition) is 7. The van der Waals surface area contributed by atoms with Gasteiger partial charge in [0.15, 0.2) is 16.7 Å². The second kappa shape index (κ2) is 12.5. The van der Waals surface area contributed by atoms with Gasteiger partial charge < -0.3 is 9.47 Å². The first kappa shape index (κ1) is 29.6. The van der Waals surface area contributed by atoms with Crippen LogP contribution in [0.4, 0.5) is 17.1 Å². The van der Waals surface area contributed by atoms with E-state index in [0.29, 0.717) is 21.6 Å². The lowest BCUT2D eigenvalue weighted by molar-refractivity contribution is -0.384. The summed E-state index contributed by atoms with van der Waals surface area (Å²) < 4.78 is 11.5. The van der Waals surface area contributed by atoms with Crippen LogP contribution in [0.25, 0.3) is 6.08 Å². The van der Waals surface area contributed by atoms with Crippen LogP contribution in [0.1, 0.15) is 33.4 Å². The second-order valence-corrected chi connectivity index (χ2v) is 11.4. The number of benzene rings is 4. The lowest BCUT2D eigenvalue weighted by Gasteiger charge is -2.19. The molecule has 1 aliphatic rings. The number of rotatable bonds is 8. The highest BCUT2D eigenvalue weighted by Crippen LogP contribution is 2.40. The van der Waals surface area contributed by atoms with E-state index in [1.165, 1.54) is 23.9 Å². The van der Waals surface area contributed by atoms with Crippen molar-refractivity contribution in [2.45, 2.75) is 34.3 Å². The molecular formula is C34H31N3O5S. The van der Waals surface area contributed by atoms with Crippen molar-refractivity contribution in [1.29, 1.82) is 0 Å². The summed E-state index contributed by atoms with van der Waals surface area (Å²) in [5.74, 6) is 0.866. The number of aryl methyl sites for hydroxylation is 4.